The molecule has 4 saturated carbocycles. The third-order valence-corrected chi connectivity index (χ3v) is 14.5. The van der Waals surface area contributed by atoms with Gasteiger partial charge in [0.2, 0.25) is 0 Å². The highest BCUT2D eigenvalue weighted by atomic mass is 16.7. The van der Waals surface area contributed by atoms with E-state index in [4.69, 9.17) is 9.47 Å². The number of Topliss-reactive ketones (excluding diaryl/α,β-unsaturated/α-hetero) is 1. The van der Waals surface area contributed by atoms with Crippen LogP contribution in [0, 0.1) is 52.8 Å². The Morgan fingerprint density at radius 1 is 0.833 bits per heavy atom. The maximum absolute atomic E-state index is 13.9. The highest BCUT2D eigenvalue weighted by Gasteiger charge is 2.66. The van der Waals surface area contributed by atoms with Crippen LogP contribution in [-0.4, -0.2) is 97.4 Å². The average molecular weight is 592 g/mol. The predicted octanol–water partition coefficient (Wildman–Crippen LogP) is 2.06. The van der Waals surface area contributed by atoms with Gasteiger partial charge in [0.05, 0.1) is 11.7 Å². The van der Waals surface area contributed by atoms with Gasteiger partial charge in [-0.3, -0.25) is 9.69 Å². The summed E-state index contributed by atoms with van der Waals surface area (Å²) in [5.41, 5.74) is -0.987. The van der Waals surface area contributed by atoms with Crippen LogP contribution in [0.5, 0.6) is 0 Å². The van der Waals surface area contributed by atoms with Gasteiger partial charge in [-0.25, -0.2) is 0 Å². The Kier molecular flexibility index (Phi) is 7.28. The highest BCUT2D eigenvalue weighted by Crippen LogP contribution is 2.67. The van der Waals surface area contributed by atoms with Crippen molar-refractivity contribution in [3.05, 3.63) is 0 Å². The molecule has 0 aromatic rings. The van der Waals surface area contributed by atoms with E-state index in [0.717, 1.165) is 45.2 Å². The van der Waals surface area contributed by atoms with E-state index in [-0.39, 0.29) is 23.0 Å². The minimum absolute atomic E-state index is 0.112. The van der Waals surface area contributed by atoms with Crippen LogP contribution < -0.4 is 0 Å². The number of ketones is 1. The fraction of sp³-hybridized carbons (Fsp3) is 0.970. The molecule has 0 radical (unpaired) electrons. The van der Waals surface area contributed by atoms with Crippen LogP contribution in [0.3, 0.4) is 0 Å². The molecule has 0 aromatic carbocycles. The van der Waals surface area contributed by atoms with Crippen molar-refractivity contribution in [2.45, 2.75) is 134 Å². The lowest BCUT2D eigenvalue weighted by Gasteiger charge is -2.65. The minimum Gasteiger partial charge on any atom is -0.388 e. The molecule has 0 bridgehead atoms. The number of aliphatic hydroxyl groups is 5. The molecule has 3 aliphatic heterocycles. The molecule has 0 aromatic heterocycles. The van der Waals surface area contributed by atoms with E-state index < -0.39 is 36.5 Å². The number of aliphatic hydroxyl groups excluding tert-OH is 4. The Bertz CT molecular complexity index is 1070. The number of ether oxygens (including phenoxy) is 2. The van der Waals surface area contributed by atoms with Crippen molar-refractivity contribution in [1.82, 2.24) is 4.90 Å². The molecule has 17 atom stereocenters. The predicted molar refractivity (Wildman–Crippen MR) is 153 cm³/mol. The number of piperidine rings is 2. The van der Waals surface area contributed by atoms with Crippen LogP contribution in [0.2, 0.25) is 0 Å². The summed E-state index contributed by atoms with van der Waals surface area (Å²) >= 11 is 0. The molecule has 9 heteroatoms. The van der Waals surface area contributed by atoms with Gasteiger partial charge in [0.1, 0.15) is 24.1 Å². The van der Waals surface area contributed by atoms with Gasteiger partial charge in [0, 0.05) is 31.0 Å². The number of fused-ring (bicyclic) bond motifs is 8. The Morgan fingerprint density at radius 2 is 1.60 bits per heavy atom. The molecule has 17 unspecified atom stereocenters. The normalized spacial score (nSPS) is 59.7. The second kappa shape index (κ2) is 10.2. The van der Waals surface area contributed by atoms with Crippen LogP contribution in [-0.2, 0) is 14.3 Å². The van der Waals surface area contributed by atoms with Crippen molar-refractivity contribution in [2.24, 2.45) is 52.8 Å². The number of nitrogens with zero attached hydrogens (tertiary/aromatic N) is 1. The topological polar surface area (TPSA) is 140 Å². The van der Waals surface area contributed by atoms with E-state index in [0.29, 0.717) is 66.5 Å². The molecule has 3 saturated heterocycles. The summed E-state index contributed by atoms with van der Waals surface area (Å²) in [5.74, 6) is 3.61. The van der Waals surface area contributed by atoms with E-state index in [9.17, 15) is 30.3 Å². The van der Waals surface area contributed by atoms with Crippen molar-refractivity contribution in [3.63, 3.8) is 0 Å². The molecule has 5 N–H and O–H groups in total. The third-order valence-electron chi connectivity index (χ3n) is 14.5. The molecule has 3 heterocycles. The second-order valence-electron chi connectivity index (χ2n) is 16.3. The van der Waals surface area contributed by atoms with Crippen LogP contribution in [0.15, 0.2) is 0 Å². The number of carbonyl (C=O) groups excluding carboxylic acids is 1. The first-order valence-electron chi connectivity index (χ1n) is 16.8. The summed E-state index contributed by atoms with van der Waals surface area (Å²) < 4.78 is 11.3. The van der Waals surface area contributed by atoms with E-state index in [1.165, 1.54) is 6.42 Å². The van der Waals surface area contributed by atoms with Gasteiger partial charge >= 0.3 is 0 Å². The first-order valence-corrected chi connectivity index (χ1v) is 16.8. The van der Waals surface area contributed by atoms with E-state index in [1.54, 1.807) is 0 Å². The maximum Gasteiger partial charge on any atom is 0.189 e. The monoisotopic (exact) mass is 591 g/mol. The molecule has 7 rings (SSSR count). The smallest absolute Gasteiger partial charge is 0.189 e. The fourth-order valence-corrected chi connectivity index (χ4v) is 11.8. The van der Waals surface area contributed by atoms with Crippen molar-refractivity contribution >= 4 is 5.78 Å². The first-order chi connectivity index (χ1) is 19.8. The zero-order valence-electron chi connectivity index (χ0n) is 25.8. The van der Waals surface area contributed by atoms with E-state index >= 15 is 0 Å². The summed E-state index contributed by atoms with van der Waals surface area (Å²) in [7, 11) is 0. The van der Waals surface area contributed by atoms with Gasteiger partial charge in [-0.15, -0.1) is 0 Å². The molecule has 238 valence electrons. The Labute approximate surface area is 249 Å². The molecule has 7 fully saturated rings. The number of hydrogen-bond donors (Lipinski definition) is 5. The second-order valence-corrected chi connectivity index (χ2v) is 16.3. The van der Waals surface area contributed by atoms with Crippen molar-refractivity contribution in [2.75, 3.05) is 13.1 Å². The van der Waals surface area contributed by atoms with Gasteiger partial charge < -0.3 is 35.0 Å². The quantitative estimate of drug-likeness (QED) is 0.305. The lowest BCUT2D eigenvalue weighted by atomic mass is 9.51. The summed E-state index contributed by atoms with van der Waals surface area (Å²) in [4.78, 5) is 16.5. The lowest BCUT2D eigenvalue weighted by Crippen LogP contribution is -2.73. The zero-order chi connectivity index (χ0) is 29.9. The van der Waals surface area contributed by atoms with Crippen LogP contribution in [0.1, 0.15) is 85.5 Å². The van der Waals surface area contributed by atoms with E-state index in [2.05, 4.69) is 32.6 Å². The van der Waals surface area contributed by atoms with Gasteiger partial charge in [0.15, 0.2) is 12.6 Å². The molecule has 42 heavy (non-hydrogen) atoms. The fourth-order valence-electron chi connectivity index (χ4n) is 11.8. The highest BCUT2D eigenvalue weighted by molar-refractivity contribution is 5.83. The molecule has 0 spiro atoms. The first kappa shape index (κ1) is 30.0. The summed E-state index contributed by atoms with van der Waals surface area (Å²) in [6.07, 6.45) is 0.387. The Balaban J connectivity index is 1.09. The summed E-state index contributed by atoms with van der Waals surface area (Å²) in [6, 6.07) is 0. The van der Waals surface area contributed by atoms with Gasteiger partial charge in [-0.2, -0.15) is 0 Å². The van der Waals surface area contributed by atoms with Crippen molar-refractivity contribution in [3.8, 4) is 0 Å². The van der Waals surface area contributed by atoms with Crippen LogP contribution in [0.25, 0.3) is 0 Å². The van der Waals surface area contributed by atoms with Crippen LogP contribution in [0.4, 0.5) is 0 Å². The van der Waals surface area contributed by atoms with Gasteiger partial charge in [-0.05, 0) is 112 Å². The molecule has 9 nitrogen and oxygen atoms in total. The SMILES string of the molecule is CC1CCC2(C)N(C1)CC1C3CC4C(CC(=O)C5CC(OC6OC(O)C(O)C(O)C6O)CCC54C)C3CCC1C2(C)O. The van der Waals surface area contributed by atoms with Crippen molar-refractivity contribution < 1.29 is 39.8 Å². The molecular formula is C33H53NO8. The number of hydrogen-bond acceptors (Lipinski definition) is 9. The Hall–Kier alpha value is -0.650. The minimum atomic E-state index is -1.64. The standard InChI is InChI=1S/C33H53NO8/c1-16-7-10-32(3)33(4,40)22-6-5-18-19(21(22)15-34(32)14-16)12-23-20(18)13-25(35)24-11-17(8-9-31(23,24)2)41-30-28(38)26(36)27(37)29(39)42-30/h16-24,26-30,36-40H,5-15H2,1-4H3. The third kappa shape index (κ3) is 4.20. The Morgan fingerprint density at radius 3 is 2.36 bits per heavy atom. The largest absolute Gasteiger partial charge is 0.388 e. The molecule has 0 amide bonds. The van der Waals surface area contributed by atoms with Crippen LogP contribution >= 0.6 is 0 Å². The average Bonchev–Trinajstić information content (AvgIpc) is 3.32. The van der Waals surface area contributed by atoms with Gasteiger partial charge in [0.25, 0.3) is 0 Å². The molecule has 7 aliphatic rings. The summed E-state index contributed by atoms with van der Waals surface area (Å²) in [6.45, 7) is 11.2. The number of rotatable bonds is 2. The van der Waals surface area contributed by atoms with Crippen molar-refractivity contribution in [1.29, 1.82) is 0 Å². The summed E-state index contributed by atoms with van der Waals surface area (Å²) in [5, 5.41) is 52.5. The lowest BCUT2D eigenvalue weighted by molar-refractivity contribution is -0.350. The van der Waals surface area contributed by atoms with E-state index in [1.807, 2.05) is 0 Å². The zero-order valence-corrected chi connectivity index (χ0v) is 25.8. The molecular weight excluding hydrogens is 538 g/mol. The molecule has 4 aliphatic carbocycles. The number of carbonyl (C=O) groups is 1. The van der Waals surface area contributed by atoms with Gasteiger partial charge in [-0.1, -0.05) is 13.8 Å². The maximum atomic E-state index is 13.9.